The second-order valence-electron chi connectivity index (χ2n) is 7.00. The minimum Gasteiger partial charge on any atom is -0.310 e. The number of nitrogens with zero attached hydrogens (tertiary/aromatic N) is 3. The standard InChI is InChI=1S/C16H23N5O2S/c1-11-13-9-12(10-17-15(13)21(2)19-11)24(22,23)20-14-5-8-18-16(14)6-3-4-7-16/h9-10,14,18,20H,3-8H2,1-2H3/t14-/m1/s1. The van der Waals surface area contributed by atoms with Crippen molar-refractivity contribution in [3.05, 3.63) is 18.0 Å². The molecule has 2 N–H and O–H groups in total. The van der Waals surface area contributed by atoms with Gasteiger partial charge in [0.25, 0.3) is 0 Å². The maximum atomic E-state index is 12.9. The summed E-state index contributed by atoms with van der Waals surface area (Å²) < 4.78 is 30.4. The van der Waals surface area contributed by atoms with Gasteiger partial charge in [-0.05, 0) is 38.8 Å². The van der Waals surface area contributed by atoms with Crippen LogP contribution in [0.3, 0.4) is 0 Å². The Morgan fingerprint density at radius 1 is 1.38 bits per heavy atom. The molecule has 1 aliphatic carbocycles. The third-order valence-electron chi connectivity index (χ3n) is 5.52. The van der Waals surface area contributed by atoms with Crippen LogP contribution < -0.4 is 10.0 Å². The molecule has 2 aromatic rings. The highest BCUT2D eigenvalue weighted by Crippen LogP contribution is 2.37. The van der Waals surface area contributed by atoms with E-state index in [0.29, 0.717) is 5.65 Å². The maximum absolute atomic E-state index is 12.9. The number of fused-ring (bicyclic) bond motifs is 1. The summed E-state index contributed by atoms with van der Waals surface area (Å²) in [6.07, 6.45) is 6.66. The molecule has 1 aliphatic heterocycles. The van der Waals surface area contributed by atoms with Crippen LogP contribution in [-0.4, -0.2) is 41.3 Å². The van der Waals surface area contributed by atoms with Gasteiger partial charge in [0.1, 0.15) is 4.90 Å². The van der Waals surface area contributed by atoms with Crippen molar-refractivity contribution in [2.45, 2.75) is 55.5 Å². The van der Waals surface area contributed by atoms with Gasteiger partial charge in [0.15, 0.2) is 5.65 Å². The largest absolute Gasteiger partial charge is 0.310 e. The Morgan fingerprint density at radius 3 is 2.88 bits per heavy atom. The third kappa shape index (κ3) is 2.44. The molecule has 7 nitrogen and oxygen atoms in total. The van der Waals surface area contributed by atoms with Crippen molar-refractivity contribution in [2.75, 3.05) is 6.54 Å². The van der Waals surface area contributed by atoms with E-state index in [0.717, 1.165) is 49.7 Å². The van der Waals surface area contributed by atoms with Crippen LogP contribution >= 0.6 is 0 Å². The van der Waals surface area contributed by atoms with Crippen molar-refractivity contribution in [1.82, 2.24) is 24.8 Å². The average Bonchev–Trinajstić information content (AvgIpc) is 3.23. The second-order valence-corrected chi connectivity index (χ2v) is 8.72. The Hall–Kier alpha value is -1.51. The number of rotatable bonds is 3. The topological polar surface area (TPSA) is 88.9 Å². The summed E-state index contributed by atoms with van der Waals surface area (Å²) in [5, 5.41) is 8.62. The van der Waals surface area contributed by atoms with E-state index in [4.69, 9.17) is 0 Å². The van der Waals surface area contributed by atoms with E-state index >= 15 is 0 Å². The summed E-state index contributed by atoms with van der Waals surface area (Å²) in [6, 6.07) is 1.63. The lowest BCUT2D eigenvalue weighted by Crippen LogP contribution is -2.53. The molecule has 0 bridgehead atoms. The number of hydrogen-bond acceptors (Lipinski definition) is 5. The second kappa shape index (κ2) is 5.50. The van der Waals surface area contributed by atoms with Gasteiger partial charge in [-0.2, -0.15) is 5.10 Å². The zero-order valence-electron chi connectivity index (χ0n) is 14.0. The molecule has 2 aliphatic rings. The Kier molecular flexibility index (Phi) is 3.67. The van der Waals surface area contributed by atoms with E-state index in [1.165, 1.54) is 6.20 Å². The molecule has 1 saturated carbocycles. The first-order valence-corrected chi connectivity index (χ1v) is 9.96. The van der Waals surface area contributed by atoms with Crippen LogP contribution in [0.1, 0.15) is 37.8 Å². The van der Waals surface area contributed by atoms with Gasteiger partial charge in [-0.25, -0.2) is 18.1 Å². The van der Waals surface area contributed by atoms with E-state index in [1.807, 2.05) is 14.0 Å². The monoisotopic (exact) mass is 349 g/mol. The molecule has 2 aromatic heterocycles. The van der Waals surface area contributed by atoms with Gasteiger partial charge in [-0.15, -0.1) is 0 Å². The lowest BCUT2D eigenvalue weighted by Gasteiger charge is -2.31. The van der Waals surface area contributed by atoms with Crippen molar-refractivity contribution < 1.29 is 8.42 Å². The zero-order chi connectivity index (χ0) is 16.9. The molecule has 1 spiro atoms. The first kappa shape index (κ1) is 16.0. The van der Waals surface area contributed by atoms with Gasteiger partial charge < -0.3 is 5.32 Å². The Bertz CT molecular complexity index is 878. The van der Waals surface area contributed by atoms with Gasteiger partial charge >= 0.3 is 0 Å². The summed E-state index contributed by atoms with van der Waals surface area (Å²) in [7, 11) is -1.79. The number of sulfonamides is 1. The number of aryl methyl sites for hydroxylation is 2. The molecule has 8 heteroatoms. The van der Waals surface area contributed by atoms with Crippen LogP contribution in [0.2, 0.25) is 0 Å². The van der Waals surface area contributed by atoms with Crippen LogP contribution in [0, 0.1) is 6.92 Å². The van der Waals surface area contributed by atoms with E-state index in [2.05, 4.69) is 20.1 Å². The first-order valence-electron chi connectivity index (χ1n) is 8.48. The average molecular weight is 349 g/mol. The minimum absolute atomic E-state index is 0.0457. The van der Waals surface area contributed by atoms with Crippen molar-refractivity contribution in [2.24, 2.45) is 7.05 Å². The number of nitrogens with one attached hydrogen (secondary N) is 2. The summed E-state index contributed by atoms with van der Waals surface area (Å²) in [4.78, 5) is 4.51. The molecule has 0 amide bonds. The first-order chi connectivity index (χ1) is 11.4. The molecule has 4 rings (SSSR count). The fourth-order valence-electron chi connectivity index (χ4n) is 4.26. The number of aromatic nitrogens is 3. The van der Waals surface area contributed by atoms with E-state index in [1.54, 1.807) is 10.7 Å². The predicted octanol–water partition coefficient (Wildman–Crippen LogP) is 1.23. The van der Waals surface area contributed by atoms with Gasteiger partial charge in [0, 0.05) is 30.2 Å². The van der Waals surface area contributed by atoms with Crippen LogP contribution in [0.5, 0.6) is 0 Å². The molecule has 1 saturated heterocycles. The lowest BCUT2D eigenvalue weighted by molar-refractivity contribution is 0.329. The number of hydrogen-bond donors (Lipinski definition) is 2. The summed E-state index contributed by atoms with van der Waals surface area (Å²) >= 11 is 0. The van der Waals surface area contributed by atoms with Gasteiger partial charge in [-0.1, -0.05) is 12.8 Å². The highest BCUT2D eigenvalue weighted by atomic mass is 32.2. The van der Waals surface area contributed by atoms with Gasteiger partial charge in [0.05, 0.1) is 5.69 Å². The van der Waals surface area contributed by atoms with Gasteiger partial charge in [-0.3, -0.25) is 4.68 Å². The van der Waals surface area contributed by atoms with Crippen LogP contribution in [0.4, 0.5) is 0 Å². The Morgan fingerprint density at radius 2 is 2.12 bits per heavy atom. The quantitative estimate of drug-likeness (QED) is 0.870. The predicted molar refractivity (Wildman–Crippen MR) is 91.2 cm³/mol. The molecule has 130 valence electrons. The molecule has 24 heavy (non-hydrogen) atoms. The molecule has 0 aromatic carbocycles. The SMILES string of the molecule is Cc1nn(C)c2ncc(S(=O)(=O)N[C@@H]3CCNC34CCCC4)cc12. The third-order valence-corrected chi connectivity index (χ3v) is 6.96. The van der Waals surface area contributed by atoms with Crippen molar-refractivity contribution in [1.29, 1.82) is 0 Å². The van der Waals surface area contributed by atoms with Gasteiger partial charge in [0.2, 0.25) is 10.0 Å². The fourth-order valence-corrected chi connectivity index (χ4v) is 5.58. The maximum Gasteiger partial charge on any atom is 0.242 e. The van der Waals surface area contributed by atoms with E-state index in [-0.39, 0.29) is 16.5 Å². The Labute approximate surface area is 141 Å². The van der Waals surface area contributed by atoms with E-state index < -0.39 is 10.0 Å². The molecular formula is C16H23N5O2S. The minimum atomic E-state index is -3.60. The molecule has 0 unspecified atom stereocenters. The van der Waals surface area contributed by atoms with Crippen LogP contribution in [0.15, 0.2) is 17.2 Å². The Balaban J connectivity index is 1.66. The summed E-state index contributed by atoms with van der Waals surface area (Å²) in [5.41, 5.74) is 1.42. The smallest absolute Gasteiger partial charge is 0.242 e. The van der Waals surface area contributed by atoms with Crippen molar-refractivity contribution in [3.8, 4) is 0 Å². The molecular weight excluding hydrogens is 326 g/mol. The van der Waals surface area contributed by atoms with Crippen LogP contribution in [0.25, 0.3) is 11.0 Å². The van der Waals surface area contributed by atoms with Crippen molar-refractivity contribution in [3.63, 3.8) is 0 Å². The summed E-state index contributed by atoms with van der Waals surface area (Å²) in [6.45, 7) is 2.73. The number of pyridine rings is 1. The highest BCUT2D eigenvalue weighted by Gasteiger charge is 2.46. The normalized spacial score (nSPS) is 23.5. The van der Waals surface area contributed by atoms with E-state index in [9.17, 15) is 8.42 Å². The highest BCUT2D eigenvalue weighted by molar-refractivity contribution is 7.89. The van der Waals surface area contributed by atoms with Crippen molar-refractivity contribution >= 4 is 21.1 Å². The molecule has 2 fully saturated rings. The summed E-state index contributed by atoms with van der Waals surface area (Å²) in [5.74, 6) is 0. The molecule has 1 atom stereocenters. The fraction of sp³-hybridized carbons (Fsp3) is 0.625. The lowest BCUT2D eigenvalue weighted by atomic mass is 9.91. The van der Waals surface area contributed by atoms with Crippen LogP contribution in [-0.2, 0) is 17.1 Å². The zero-order valence-corrected chi connectivity index (χ0v) is 14.9. The molecule has 0 radical (unpaired) electrons. The molecule has 3 heterocycles.